The first kappa shape index (κ1) is 14.8. The summed E-state index contributed by atoms with van der Waals surface area (Å²) in [5.41, 5.74) is 7.18. The fourth-order valence-electron chi connectivity index (χ4n) is 3.42. The summed E-state index contributed by atoms with van der Waals surface area (Å²) in [5, 5.41) is 0.490. The molecule has 0 amide bonds. The second kappa shape index (κ2) is 5.80. The van der Waals surface area contributed by atoms with Crippen molar-refractivity contribution in [3.8, 4) is 0 Å². The van der Waals surface area contributed by atoms with E-state index in [0.29, 0.717) is 22.9 Å². The molecule has 1 aromatic carbocycles. The molecule has 1 aliphatic rings. The molecule has 1 nitrogen and oxygen atoms in total. The Balaban J connectivity index is 2.14. The van der Waals surface area contributed by atoms with Gasteiger partial charge in [0.1, 0.15) is 5.82 Å². The van der Waals surface area contributed by atoms with E-state index in [9.17, 15) is 4.39 Å². The van der Waals surface area contributed by atoms with Crippen molar-refractivity contribution in [2.45, 2.75) is 52.0 Å². The number of rotatable bonds is 3. The van der Waals surface area contributed by atoms with Gasteiger partial charge >= 0.3 is 0 Å². The minimum Gasteiger partial charge on any atom is -0.327 e. The minimum atomic E-state index is -0.239. The number of hydrogen-bond acceptors (Lipinski definition) is 1. The smallest absolute Gasteiger partial charge is 0.127 e. The van der Waals surface area contributed by atoms with Crippen molar-refractivity contribution >= 4 is 11.6 Å². The molecule has 1 aliphatic carbocycles. The zero-order valence-corrected chi connectivity index (χ0v) is 12.5. The predicted octanol–water partition coefficient (Wildman–Crippen LogP) is 4.57. The van der Waals surface area contributed by atoms with Gasteiger partial charge in [-0.1, -0.05) is 44.4 Å². The maximum Gasteiger partial charge on any atom is 0.127 e. The molecule has 0 radical (unpaired) electrons. The average molecular weight is 284 g/mol. The third-order valence-corrected chi connectivity index (χ3v) is 4.96. The van der Waals surface area contributed by atoms with Gasteiger partial charge in [0.2, 0.25) is 0 Å². The van der Waals surface area contributed by atoms with E-state index in [1.807, 2.05) is 0 Å². The van der Waals surface area contributed by atoms with Crippen LogP contribution in [-0.2, 0) is 6.42 Å². The lowest BCUT2D eigenvalue weighted by atomic mass is 9.65. The molecule has 0 heterocycles. The van der Waals surface area contributed by atoms with E-state index in [4.69, 9.17) is 17.3 Å². The van der Waals surface area contributed by atoms with E-state index in [1.165, 1.54) is 25.3 Å². The minimum absolute atomic E-state index is 0.0234. The van der Waals surface area contributed by atoms with Gasteiger partial charge < -0.3 is 5.73 Å². The highest BCUT2D eigenvalue weighted by Gasteiger charge is 2.36. The second-order valence-corrected chi connectivity index (χ2v) is 6.82. The lowest BCUT2D eigenvalue weighted by Crippen LogP contribution is -2.43. The molecule has 2 N–H and O–H groups in total. The lowest BCUT2D eigenvalue weighted by Gasteiger charge is -2.42. The summed E-state index contributed by atoms with van der Waals surface area (Å²) in [5.74, 6) is 0.202. The SMILES string of the molecule is CC1(C)CCCCC1C(N)Cc1c(F)cccc1Cl. The van der Waals surface area contributed by atoms with E-state index in [2.05, 4.69) is 13.8 Å². The summed E-state index contributed by atoms with van der Waals surface area (Å²) in [7, 11) is 0. The Morgan fingerprint density at radius 3 is 2.79 bits per heavy atom. The molecule has 106 valence electrons. The molecule has 2 unspecified atom stereocenters. The van der Waals surface area contributed by atoms with Gasteiger partial charge in [0, 0.05) is 16.6 Å². The molecule has 1 fully saturated rings. The third-order valence-electron chi connectivity index (χ3n) is 4.61. The van der Waals surface area contributed by atoms with Gasteiger partial charge in [-0.2, -0.15) is 0 Å². The summed E-state index contributed by atoms with van der Waals surface area (Å²) < 4.78 is 13.8. The molecule has 0 bridgehead atoms. The standard InChI is InChI=1S/C16H23ClFN/c1-16(2)9-4-3-6-12(16)15(19)10-11-13(17)7-5-8-14(11)18/h5,7-8,12,15H,3-4,6,9-10,19H2,1-2H3. The molecule has 2 atom stereocenters. The van der Waals surface area contributed by atoms with Crippen LogP contribution in [0.25, 0.3) is 0 Å². The van der Waals surface area contributed by atoms with Crippen molar-refractivity contribution in [1.82, 2.24) is 0 Å². The van der Waals surface area contributed by atoms with Crippen LogP contribution in [0, 0.1) is 17.2 Å². The summed E-state index contributed by atoms with van der Waals surface area (Å²) in [4.78, 5) is 0. The molecule has 0 spiro atoms. The van der Waals surface area contributed by atoms with Crippen LogP contribution in [0.4, 0.5) is 4.39 Å². The first-order valence-corrected chi connectivity index (χ1v) is 7.48. The maximum atomic E-state index is 13.8. The lowest BCUT2D eigenvalue weighted by molar-refractivity contribution is 0.112. The molecular weight excluding hydrogens is 261 g/mol. The highest BCUT2D eigenvalue weighted by atomic mass is 35.5. The zero-order chi connectivity index (χ0) is 14.0. The van der Waals surface area contributed by atoms with Crippen molar-refractivity contribution in [1.29, 1.82) is 0 Å². The average Bonchev–Trinajstić information content (AvgIpc) is 2.33. The normalized spacial score (nSPS) is 24.2. The van der Waals surface area contributed by atoms with Gasteiger partial charge in [-0.25, -0.2) is 4.39 Å². The number of nitrogens with two attached hydrogens (primary N) is 1. The van der Waals surface area contributed by atoms with Crippen molar-refractivity contribution in [3.05, 3.63) is 34.6 Å². The van der Waals surface area contributed by atoms with Crippen molar-refractivity contribution in [2.75, 3.05) is 0 Å². The van der Waals surface area contributed by atoms with Gasteiger partial charge in [0.05, 0.1) is 0 Å². The molecule has 1 saturated carbocycles. The van der Waals surface area contributed by atoms with Gasteiger partial charge in [-0.3, -0.25) is 0 Å². The van der Waals surface area contributed by atoms with E-state index >= 15 is 0 Å². The van der Waals surface area contributed by atoms with Crippen LogP contribution in [0.5, 0.6) is 0 Å². The van der Waals surface area contributed by atoms with Gasteiger partial charge in [-0.05, 0) is 42.7 Å². The maximum absolute atomic E-state index is 13.8. The van der Waals surface area contributed by atoms with E-state index in [-0.39, 0.29) is 17.3 Å². The summed E-state index contributed by atoms with van der Waals surface area (Å²) >= 11 is 6.09. The van der Waals surface area contributed by atoms with Crippen molar-refractivity contribution in [2.24, 2.45) is 17.1 Å². The molecular formula is C16H23ClFN. The number of halogens is 2. The van der Waals surface area contributed by atoms with Crippen molar-refractivity contribution in [3.63, 3.8) is 0 Å². The molecule has 0 aromatic heterocycles. The summed E-state index contributed by atoms with van der Waals surface area (Å²) in [6, 6.07) is 4.81. The Kier molecular flexibility index (Phi) is 4.52. The van der Waals surface area contributed by atoms with Gasteiger partial charge in [0.25, 0.3) is 0 Å². The first-order chi connectivity index (χ1) is 8.92. The fraction of sp³-hybridized carbons (Fsp3) is 0.625. The highest BCUT2D eigenvalue weighted by Crippen LogP contribution is 2.42. The molecule has 3 heteroatoms. The highest BCUT2D eigenvalue weighted by molar-refractivity contribution is 6.31. The quantitative estimate of drug-likeness (QED) is 0.864. The predicted molar refractivity (Wildman–Crippen MR) is 78.8 cm³/mol. The Labute approximate surface area is 120 Å². The van der Waals surface area contributed by atoms with Crippen molar-refractivity contribution < 1.29 is 4.39 Å². The molecule has 2 rings (SSSR count). The zero-order valence-electron chi connectivity index (χ0n) is 11.8. The monoisotopic (exact) mass is 283 g/mol. The first-order valence-electron chi connectivity index (χ1n) is 7.10. The van der Waals surface area contributed by atoms with Crippen LogP contribution in [0.2, 0.25) is 5.02 Å². The Hall–Kier alpha value is -0.600. The van der Waals surface area contributed by atoms with E-state index < -0.39 is 0 Å². The van der Waals surface area contributed by atoms with E-state index in [0.717, 1.165) is 6.42 Å². The Morgan fingerprint density at radius 1 is 1.42 bits per heavy atom. The molecule has 19 heavy (non-hydrogen) atoms. The van der Waals surface area contributed by atoms with E-state index in [1.54, 1.807) is 12.1 Å². The van der Waals surface area contributed by atoms with Crippen LogP contribution in [0.15, 0.2) is 18.2 Å². The second-order valence-electron chi connectivity index (χ2n) is 6.41. The summed E-state index contributed by atoms with van der Waals surface area (Å²) in [6.45, 7) is 4.55. The molecule has 1 aromatic rings. The van der Waals surface area contributed by atoms with Crippen LogP contribution in [0.3, 0.4) is 0 Å². The van der Waals surface area contributed by atoms with Crippen LogP contribution >= 0.6 is 11.6 Å². The fourth-order valence-corrected chi connectivity index (χ4v) is 3.66. The molecule has 0 aliphatic heterocycles. The molecule has 0 saturated heterocycles. The Bertz CT molecular complexity index is 424. The van der Waals surface area contributed by atoms with Gasteiger partial charge in [-0.15, -0.1) is 0 Å². The van der Waals surface area contributed by atoms with Crippen LogP contribution in [0.1, 0.15) is 45.1 Å². The largest absolute Gasteiger partial charge is 0.327 e. The number of benzene rings is 1. The number of hydrogen-bond donors (Lipinski definition) is 1. The third kappa shape index (κ3) is 3.29. The summed E-state index contributed by atoms with van der Waals surface area (Å²) in [6.07, 6.45) is 5.37. The van der Waals surface area contributed by atoms with Crippen LogP contribution in [-0.4, -0.2) is 6.04 Å². The van der Waals surface area contributed by atoms with Crippen LogP contribution < -0.4 is 5.73 Å². The Morgan fingerprint density at radius 2 is 2.16 bits per heavy atom. The van der Waals surface area contributed by atoms with Gasteiger partial charge in [0.15, 0.2) is 0 Å². The topological polar surface area (TPSA) is 26.0 Å².